The first-order valence-corrected chi connectivity index (χ1v) is 9.68. The van der Waals surface area contributed by atoms with E-state index >= 15 is 0 Å². The number of hydrogen-bond donors (Lipinski definition) is 2. The van der Waals surface area contributed by atoms with Crippen molar-refractivity contribution in [3.05, 3.63) is 34.9 Å². The fraction of sp³-hybridized carbons (Fsp3) is 0.500. The molecule has 2 rings (SSSR count). The van der Waals surface area contributed by atoms with Crippen LogP contribution >= 0.6 is 11.6 Å². The minimum Gasteiger partial charge on any atom is -0.452 e. The number of carbonyl (C=O) groups is 4. The van der Waals surface area contributed by atoms with E-state index in [-0.39, 0.29) is 18.9 Å². The van der Waals surface area contributed by atoms with Crippen LogP contribution in [0, 0.1) is 5.92 Å². The van der Waals surface area contributed by atoms with Crippen LogP contribution in [-0.2, 0) is 25.7 Å². The van der Waals surface area contributed by atoms with Crippen molar-refractivity contribution in [2.24, 2.45) is 5.92 Å². The molecule has 4 amide bonds. The molecule has 1 aromatic rings. The van der Waals surface area contributed by atoms with Gasteiger partial charge >= 0.3 is 12.0 Å². The Morgan fingerprint density at radius 1 is 1.28 bits per heavy atom. The third-order valence-corrected chi connectivity index (χ3v) is 4.62. The van der Waals surface area contributed by atoms with Gasteiger partial charge in [-0.2, -0.15) is 0 Å². The quantitative estimate of drug-likeness (QED) is 0.706. The molecule has 8 nitrogen and oxygen atoms in total. The lowest BCUT2D eigenvalue weighted by Gasteiger charge is -2.21. The van der Waals surface area contributed by atoms with Crippen molar-refractivity contribution < 1.29 is 23.9 Å². The normalized spacial score (nSPS) is 17.6. The van der Waals surface area contributed by atoms with Crippen LogP contribution in [0.25, 0.3) is 0 Å². The van der Waals surface area contributed by atoms with Crippen LogP contribution < -0.4 is 10.6 Å². The van der Waals surface area contributed by atoms with Gasteiger partial charge in [-0.1, -0.05) is 29.8 Å². The summed E-state index contributed by atoms with van der Waals surface area (Å²) < 4.78 is 5.16. The SMILES string of the molecule is C[C@@H](OC(=O)[C@H]1CC(=O)N(Cc2ccccc2Cl)C1)C(=O)NC(=O)NC(C)(C)C. The van der Waals surface area contributed by atoms with E-state index in [1.807, 2.05) is 12.1 Å². The summed E-state index contributed by atoms with van der Waals surface area (Å²) in [5.74, 6) is -2.26. The molecule has 1 aliphatic rings. The van der Waals surface area contributed by atoms with Crippen molar-refractivity contribution in [1.29, 1.82) is 0 Å². The zero-order valence-electron chi connectivity index (χ0n) is 17.0. The Labute approximate surface area is 174 Å². The Balaban J connectivity index is 1.87. The maximum Gasteiger partial charge on any atom is 0.321 e. The molecule has 1 aromatic carbocycles. The molecule has 0 spiro atoms. The molecule has 0 radical (unpaired) electrons. The van der Waals surface area contributed by atoms with Gasteiger partial charge in [0.15, 0.2) is 6.10 Å². The van der Waals surface area contributed by atoms with Gasteiger partial charge in [-0.05, 0) is 39.3 Å². The van der Waals surface area contributed by atoms with Crippen molar-refractivity contribution in [1.82, 2.24) is 15.5 Å². The Kier molecular flexibility index (Phi) is 7.24. The van der Waals surface area contributed by atoms with E-state index in [1.54, 1.807) is 32.9 Å². The molecule has 0 unspecified atom stereocenters. The standard InChI is InChI=1S/C20H26ClN3O5/c1-12(17(26)22-19(28)23-20(2,3)4)29-18(27)14-9-16(25)24(11-14)10-13-7-5-6-8-15(13)21/h5-8,12,14H,9-11H2,1-4H3,(H2,22,23,26,28)/t12-,14+/m1/s1. The number of benzene rings is 1. The molecular weight excluding hydrogens is 398 g/mol. The number of esters is 1. The molecule has 0 bridgehead atoms. The molecule has 1 aliphatic heterocycles. The van der Waals surface area contributed by atoms with Crippen LogP contribution in [0.15, 0.2) is 24.3 Å². The Morgan fingerprint density at radius 3 is 2.55 bits per heavy atom. The highest BCUT2D eigenvalue weighted by molar-refractivity contribution is 6.31. The first-order valence-electron chi connectivity index (χ1n) is 9.31. The number of ether oxygens (including phenoxy) is 1. The predicted octanol–water partition coefficient (Wildman–Crippen LogP) is 2.24. The molecule has 0 saturated carbocycles. The third kappa shape index (κ3) is 6.74. The molecule has 1 fully saturated rings. The van der Waals surface area contributed by atoms with E-state index in [9.17, 15) is 19.2 Å². The van der Waals surface area contributed by atoms with Crippen LogP contribution in [0.3, 0.4) is 0 Å². The van der Waals surface area contributed by atoms with E-state index in [4.69, 9.17) is 16.3 Å². The van der Waals surface area contributed by atoms with Crippen LogP contribution in [-0.4, -0.2) is 46.9 Å². The summed E-state index contributed by atoms with van der Waals surface area (Å²) in [5.41, 5.74) is 0.272. The lowest BCUT2D eigenvalue weighted by molar-refractivity contribution is -0.158. The highest BCUT2D eigenvalue weighted by Crippen LogP contribution is 2.24. The van der Waals surface area contributed by atoms with Gasteiger partial charge in [0.1, 0.15) is 0 Å². The summed E-state index contributed by atoms with van der Waals surface area (Å²) in [4.78, 5) is 50.0. The molecule has 29 heavy (non-hydrogen) atoms. The first-order chi connectivity index (χ1) is 13.5. The van der Waals surface area contributed by atoms with E-state index in [2.05, 4.69) is 10.6 Å². The van der Waals surface area contributed by atoms with Crippen molar-refractivity contribution in [3.8, 4) is 0 Å². The number of likely N-dealkylation sites (tertiary alicyclic amines) is 1. The van der Waals surface area contributed by atoms with Crippen molar-refractivity contribution >= 4 is 35.4 Å². The number of nitrogens with one attached hydrogen (secondary N) is 2. The molecule has 0 aliphatic carbocycles. The number of nitrogens with zero attached hydrogens (tertiary/aromatic N) is 1. The van der Waals surface area contributed by atoms with Crippen LogP contribution in [0.5, 0.6) is 0 Å². The molecule has 2 N–H and O–H groups in total. The van der Waals surface area contributed by atoms with Gasteiger partial charge in [0, 0.05) is 30.1 Å². The second-order valence-electron chi connectivity index (χ2n) is 8.04. The monoisotopic (exact) mass is 423 g/mol. The second-order valence-corrected chi connectivity index (χ2v) is 8.45. The first kappa shape index (κ1) is 22.7. The number of imide groups is 1. The van der Waals surface area contributed by atoms with Crippen molar-refractivity contribution in [3.63, 3.8) is 0 Å². The highest BCUT2D eigenvalue weighted by Gasteiger charge is 2.37. The summed E-state index contributed by atoms with van der Waals surface area (Å²) in [6.07, 6.45) is -1.16. The molecule has 2 atom stereocenters. The largest absolute Gasteiger partial charge is 0.452 e. The lowest BCUT2D eigenvalue weighted by Crippen LogP contribution is -2.50. The molecule has 0 aromatic heterocycles. The highest BCUT2D eigenvalue weighted by atomic mass is 35.5. The third-order valence-electron chi connectivity index (χ3n) is 4.25. The number of carbonyl (C=O) groups excluding carboxylic acids is 4. The zero-order chi connectivity index (χ0) is 21.8. The van der Waals surface area contributed by atoms with Gasteiger partial charge in [0.25, 0.3) is 5.91 Å². The Morgan fingerprint density at radius 2 is 1.93 bits per heavy atom. The van der Waals surface area contributed by atoms with E-state index in [0.29, 0.717) is 11.6 Å². The number of amides is 4. The summed E-state index contributed by atoms with van der Waals surface area (Å²) in [5, 5.41) is 5.26. The average molecular weight is 424 g/mol. The predicted molar refractivity (Wildman–Crippen MR) is 107 cm³/mol. The van der Waals surface area contributed by atoms with Crippen LogP contribution in [0.1, 0.15) is 39.7 Å². The molecule has 1 heterocycles. The van der Waals surface area contributed by atoms with Gasteiger partial charge in [-0.3, -0.25) is 19.7 Å². The second kappa shape index (κ2) is 9.26. The summed E-state index contributed by atoms with van der Waals surface area (Å²) in [6, 6.07) is 6.50. The van der Waals surface area contributed by atoms with Gasteiger partial charge in [0.05, 0.1) is 5.92 Å². The van der Waals surface area contributed by atoms with Crippen LogP contribution in [0.4, 0.5) is 4.79 Å². The molecule has 158 valence electrons. The lowest BCUT2D eigenvalue weighted by atomic mass is 10.1. The van der Waals surface area contributed by atoms with Gasteiger partial charge in [-0.25, -0.2) is 4.79 Å². The maximum absolute atomic E-state index is 12.4. The summed E-state index contributed by atoms with van der Waals surface area (Å²) in [7, 11) is 0. The minimum atomic E-state index is -1.17. The Hall–Kier alpha value is -2.61. The maximum atomic E-state index is 12.4. The topological polar surface area (TPSA) is 105 Å². The number of rotatable bonds is 5. The Bertz CT molecular complexity index is 806. The van der Waals surface area contributed by atoms with Crippen molar-refractivity contribution in [2.45, 2.75) is 52.3 Å². The average Bonchev–Trinajstić information content (AvgIpc) is 2.96. The zero-order valence-corrected chi connectivity index (χ0v) is 17.7. The summed E-state index contributed by atoms with van der Waals surface area (Å²) in [6.45, 7) is 7.16. The van der Waals surface area contributed by atoms with E-state index in [1.165, 1.54) is 11.8 Å². The fourth-order valence-corrected chi connectivity index (χ4v) is 3.02. The number of urea groups is 1. The van der Waals surface area contributed by atoms with Gasteiger partial charge in [-0.15, -0.1) is 0 Å². The van der Waals surface area contributed by atoms with Crippen molar-refractivity contribution in [2.75, 3.05) is 6.54 Å². The summed E-state index contributed by atoms with van der Waals surface area (Å²) >= 11 is 6.13. The van der Waals surface area contributed by atoms with Gasteiger partial charge in [0.2, 0.25) is 5.91 Å². The fourth-order valence-electron chi connectivity index (χ4n) is 2.82. The number of hydrogen-bond acceptors (Lipinski definition) is 5. The van der Waals surface area contributed by atoms with Gasteiger partial charge < -0.3 is 15.0 Å². The minimum absolute atomic E-state index is 0.00212. The van der Waals surface area contributed by atoms with E-state index < -0.39 is 35.5 Å². The van der Waals surface area contributed by atoms with Crippen LogP contribution in [0.2, 0.25) is 5.02 Å². The van der Waals surface area contributed by atoms with E-state index in [0.717, 1.165) is 5.56 Å². The molecule has 1 saturated heterocycles. The molecule has 9 heteroatoms. The molecular formula is C20H26ClN3O5. The smallest absolute Gasteiger partial charge is 0.321 e. The number of halogens is 1.